The van der Waals surface area contributed by atoms with Crippen LogP contribution in [0.25, 0.3) is 22.4 Å². The number of likely N-dealkylation sites (tertiary alicyclic amines) is 1. The number of anilines is 2. The highest BCUT2D eigenvalue weighted by Crippen LogP contribution is 2.30. The molecule has 0 atom stereocenters. The Labute approximate surface area is 178 Å². The number of ether oxygens (including phenoxy) is 1. The summed E-state index contributed by atoms with van der Waals surface area (Å²) in [5.74, 6) is 1.37. The minimum Gasteiger partial charge on any atom is -0.494 e. The van der Waals surface area contributed by atoms with Crippen LogP contribution < -0.4 is 10.1 Å². The minimum atomic E-state index is -0.347. The fraction of sp³-hybridized carbons (Fsp3) is 0.333. The molecule has 1 aliphatic heterocycles. The summed E-state index contributed by atoms with van der Waals surface area (Å²) in [6.45, 7) is 1.96. The summed E-state index contributed by atoms with van der Waals surface area (Å²) in [5.41, 5.74) is 2.45. The first-order valence-electron chi connectivity index (χ1n) is 10.1. The molecule has 0 bridgehead atoms. The zero-order chi connectivity index (χ0) is 21.4. The zero-order valence-electron chi connectivity index (χ0n) is 17.3. The summed E-state index contributed by atoms with van der Waals surface area (Å²) in [4.78, 5) is 15.3. The van der Waals surface area contributed by atoms with Gasteiger partial charge in [0.1, 0.15) is 11.3 Å². The number of H-pyrrole nitrogens is 1. The van der Waals surface area contributed by atoms with Gasteiger partial charge in [-0.05, 0) is 39.0 Å². The van der Waals surface area contributed by atoms with E-state index >= 15 is 0 Å². The van der Waals surface area contributed by atoms with Crippen molar-refractivity contribution in [2.24, 2.45) is 0 Å². The molecule has 160 valence electrons. The number of nitrogens with one attached hydrogen (secondary N) is 2. The monoisotopic (exact) mass is 422 g/mol. The van der Waals surface area contributed by atoms with E-state index in [-0.39, 0.29) is 17.4 Å². The molecule has 5 heterocycles. The summed E-state index contributed by atoms with van der Waals surface area (Å²) < 4.78 is 21.8. The Morgan fingerprint density at radius 2 is 2.06 bits per heavy atom. The van der Waals surface area contributed by atoms with E-state index in [1.54, 1.807) is 19.5 Å². The minimum absolute atomic E-state index is 0.212. The second-order valence-corrected chi connectivity index (χ2v) is 7.71. The molecule has 9 nitrogen and oxygen atoms in total. The Hall–Kier alpha value is -3.53. The third-order valence-corrected chi connectivity index (χ3v) is 5.69. The highest BCUT2D eigenvalue weighted by molar-refractivity contribution is 5.75. The van der Waals surface area contributed by atoms with Crippen LogP contribution in [0.15, 0.2) is 36.9 Å². The van der Waals surface area contributed by atoms with Crippen molar-refractivity contribution in [2.45, 2.75) is 18.9 Å². The van der Waals surface area contributed by atoms with Crippen LogP contribution in [0, 0.1) is 5.82 Å². The summed E-state index contributed by atoms with van der Waals surface area (Å²) >= 11 is 0. The van der Waals surface area contributed by atoms with E-state index in [0.29, 0.717) is 23.0 Å². The molecule has 0 spiro atoms. The van der Waals surface area contributed by atoms with E-state index in [4.69, 9.17) is 4.74 Å². The molecule has 1 saturated heterocycles. The molecule has 0 radical (unpaired) electrons. The molecule has 0 amide bonds. The fourth-order valence-electron chi connectivity index (χ4n) is 4.00. The molecule has 10 heteroatoms. The molecule has 31 heavy (non-hydrogen) atoms. The van der Waals surface area contributed by atoms with Gasteiger partial charge >= 0.3 is 0 Å². The van der Waals surface area contributed by atoms with Crippen LogP contribution in [-0.4, -0.2) is 61.9 Å². The molecule has 0 saturated carbocycles. The normalized spacial score (nSPS) is 15.5. The molecule has 1 aliphatic rings. The van der Waals surface area contributed by atoms with Crippen molar-refractivity contribution in [3.05, 3.63) is 42.7 Å². The maximum atomic E-state index is 14.5. The number of hydrogen-bond donors (Lipinski definition) is 2. The highest BCUT2D eigenvalue weighted by atomic mass is 19.1. The average molecular weight is 422 g/mol. The lowest BCUT2D eigenvalue weighted by Crippen LogP contribution is -2.31. The smallest absolute Gasteiger partial charge is 0.168 e. The first-order valence-corrected chi connectivity index (χ1v) is 10.1. The Morgan fingerprint density at radius 3 is 2.87 bits per heavy atom. The summed E-state index contributed by atoms with van der Waals surface area (Å²) in [5, 5.41) is 10.4. The van der Waals surface area contributed by atoms with Gasteiger partial charge < -0.3 is 19.5 Å². The van der Waals surface area contributed by atoms with Crippen molar-refractivity contribution < 1.29 is 9.13 Å². The highest BCUT2D eigenvalue weighted by Gasteiger charge is 2.23. The predicted molar refractivity (Wildman–Crippen MR) is 115 cm³/mol. The number of hydrogen-bond acceptors (Lipinski definition) is 7. The van der Waals surface area contributed by atoms with Crippen molar-refractivity contribution in [2.75, 3.05) is 32.6 Å². The second-order valence-electron chi connectivity index (χ2n) is 7.71. The first kappa shape index (κ1) is 19.4. The van der Waals surface area contributed by atoms with E-state index in [1.807, 2.05) is 16.7 Å². The van der Waals surface area contributed by atoms with Gasteiger partial charge in [-0.2, -0.15) is 5.10 Å². The predicted octanol–water partition coefficient (Wildman–Crippen LogP) is 3.37. The Balaban J connectivity index is 1.42. The first-order chi connectivity index (χ1) is 15.1. The number of aromatic amines is 1. The average Bonchev–Trinajstić information content (AvgIpc) is 3.39. The lowest BCUT2D eigenvalue weighted by atomic mass is 10.1. The fourth-order valence-corrected chi connectivity index (χ4v) is 4.00. The number of aromatic nitrogens is 6. The number of pyridine rings is 1. The third-order valence-electron chi connectivity index (χ3n) is 5.69. The number of rotatable bonds is 5. The molecule has 4 aromatic heterocycles. The van der Waals surface area contributed by atoms with Gasteiger partial charge in [-0.25, -0.2) is 14.4 Å². The van der Waals surface area contributed by atoms with Crippen molar-refractivity contribution in [1.29, 1.82) is 0 Å². The van der Waals surface area contributed by atoms with Gasteiger partial charge in [0.25, 0.3) is 0 Å². The van der Waals surface area contributed by atoms with Gasteiger partial charge in [0.15, 0.2) is 23.1 Å². The molecule has 5 rings (SSSR count). The number of piperidine rings is 1. The van der Waals surface area contributed by atoms with Crippen molar-refractivity contribution >= 4 is 22.8 Å². The number of fused-ring (bicyclic) bond motifs is 1. The molecule has 4 aromatic rings. The Kier molecular flexibility index (Phi) is 4.99. The van der Waals surface area contributed by atoms with Gasteiger partial charge in [0, 0.05) is 30.1 Å². The van der Waals surface area contributed by atoms with Crippen molar-refractivity contribution in [3.8, 4) is 17.0 Å². The number of nitrogens with zero attached hydrogens (tertiary/aromatic N) is 6. The number of methoxy groups -OCH3 is 1. The standard InChI is InChI=1S/C21H23FN8O/c1-29-7-4-13(5-8-29)30-12-15(22)20-21(30)26-19(11-24-20)25-18-9-16(27-28-18)14-3-6-23-10-17(14)31-2/h3,6,9-13H,4-5,7-8H2,1-2H3,(H2,25,26,27,28). The Morgan fingerprint density at radius 1 is 1.23 bits per heavy atom. The van der Waals surface area contributed by atoms with E-state index in [0.717, 1.165) is 37.2 Å². The van der Waals surface area contributed by atoms with Crippen LogP contribution in [0.1, 0.15) is 18.9 Å². The maximum absolute atomic E-state index is 14.5. The summed E-state index contributed by atoms with van der Waals surface area (Å²) in [6, 6.07) is 3.91. The molecule has 0 aliphatic carbocycles. The van der Waals surface area contributed by atoms with Crippen LogP contribution >= 0.6 is 0 Å². The lowest BCUT2D eigenvalue weighted by molar-refractivity contribution is 0.223. The quantitative estimate of drug-likeness (QED) is 0.509. The van der Waals surface area contributed by atoms with E-state index < -0.39 is 0 Å². The topological polar surface area (TPSA) is 96.8 Å². The van der Waals surface area contributed by atoms with Gasteiger partial charge in [-0.15, -0.1) is 0 Å². The molecule has 2 N–H and O–H groups in total. The lowest BCUT2D eigenvalue weighted by Gasteiger charge is -2.30. The number of halogens is 1. The van der Waals surface area contributed by atoms with Crippen LogP contribution in [0.4, 0.5) is 16.0 Å². The largest absolute Gasteiger partial charge is 0.494 e. The Bertz CT molecular complexity index is 1210. The zero-order valence-corrected chi connectivity index (χ0v) is 17.3. The van der Waals surface area contributed by atoms with Crippen LogP contribution in [-0.2, 0) is 0 Å². The van der Waals surface area contributed by atoms with Gasteiger partial charge in [-0.1, -0.05) is 0 Å². The van der Waals surface area contributed by atoms with Gasteiger partial charge in [0.2, 0.25) is 0 Å². The van der Waals surface area contributed by atoms with E-state index in [2.05, 4.69) is 42.4 Å². The molecular formula is C21H23FN8O. The van der Waals surface area contributed by atoms with Crippen LogP contribution in [0.2, 0.25) is 0 Å². The summed E-state index contributed by atoms with van der Waals surface area (Å²) in [6.07, 6.45) is 8.29. The molecule has 0 unspecified atom stereocenters. The molecular weight excluding hydrogens is 399 g/mol. The van der Waals surface area contributed by atoms with Crippen LogP contribution in [0.5, 0.6) is 5.75 Å². The van der Waals surface area contributed by atoms with Crippen LogP contribution in [0.3, 0.4) is 0 Å². The van der Waals surface area contributed by atoms with Gasteiger partial charge in [-0.3, -0.25) is 10.1 Å². The summed E-state index contributed by atoms with van der Waals surface area (Å²) in [7, 11) is 3.70. The molecule has 1 fully saturated rings. The SMILES string of the molecule is COc1cnccc1-c1cc(Nc2cnc3c(F)cn(C4CCN(C)CC4)c3n2)n[nH]1. The van der Waals surface area contributed by atoms with Crippen molar-refractivity contribution in [1.82, 2.24) is 34.6 Å². The van der Waals surface area contributed by atoms with E-state index in [1.165, 1.54) is 12.4 Å². The third kappa shape index (κ3) is 3.70. The van der Waals surface area contributed by atoms with Gasteiger partial charge in [0.05, 0.1) is 25.2 Å². The van der Waals surface area contributed by atoms with Crippen molar-refractivity contribution in [3.63, 3.8) is 0 Å². The van der Waals surface area contributed by atoms with E-state index in [9.17, 15) is 4.39 Å². The molecule has 0 aromatic carbocycles. The second kappa shape index (κ2) is 7.95. The maximum Gasteiger partial charge on any atom is 0.168 e.